The van der Waals surface area contributed by atoms with Crippen LogP contribution in [0.5, 0.6) is 0 Å². The lowest BCUT2D eigenvalue weighted by Crippen LogP contribution is -2.03. The molecule has 2 rings (SSSR count). The van der Waals surface area contributed by atoms with Crippen LogP contribution < -0.4 is 0 Å². The molecule has 0 fully saturated rings. The van der Waals surface area contributed by atoms with Gasteiger partial charge in [0.15, 0.2) is 0 Å². The molecule has 0 unspecified atom stereocenters. The van der Waals surface area contributed by atoms with Crippen molar-refractivity contribution in [2.75, 3.05) is 0 Å². The van der Waals surface area contributed by atoms with Crippen molar-refractivity contribution in [3.05, 3.63) is 42.7 Å². The highest BCUT2D eigenvalue weighted by atomic mass is 16.3. The molecule has 1 heterocycles. The van der Waals surface area contributed by atoms with Crippen LogP contribution in [0, 0.1) is 0 Å². The third-order valence-electron chi connectivity index (χ3n) is 2.20. The largest absolute Gasteiger partial charge is 0.506 e. The highest BCUT2D eigenvalue weighted by Crippen LogP contribution is 2.14. The van der Waals surface area contributed by atoms with Crippen LogP contribution in [0.1, 0.15) is 13.3 Å². The van der Waals surface area contributed by atoms with Crippen molar-refractivity contribution in [3.8, 4) is 0 Å². The number of aliphatic hydroxyl groups is 1. The minimum absolute atomic E-state index is 0.0258. The molecule has 4 heteroatoms. The molecule has 16 heavy (non-hydrogen) atoms. The molecule has 0 aliphatic carbocycles. The number of aliphatic hydroxyl groups excluding tert-OH is 1. The van der Waals surface area contributed by atoms with Crippen molar-refractivity contribution < 1.29 is 5.11 Å². The third-order valence-corrected chi connectivity index (χ3v) is 2.20. The summed E-state index contributed by atoms with van der Waals surface area (Å²) in [6.07, 6.45) is 2.62. The number of hydrogen-bond acceptors (Lipinski definition) is 3. The predicted octanol–water partition coefficient (Wildman–Crippen LogP) is 2.75. The molecule has 0 bridgehead atoms. The number of allylic oxidation sites excluding steroid dienone is 2. The van der Waals surface area contributed by atoms with Crippen molar-refractivity contribution in [2.24, 2.45) is 0 Å². The van der Waals surface area contributed by atoms with Crippen LogP contribution in [0.2, 0.25) is 0 Å². The normalized spacial score (nSPS) is 11.9. The van der Waals surface area contributed by atoms with Crippen LogP contribution in [0.3, 0.4) is 0 Å². The van der Waals surface area contributed by atoms with Crippen LogP contribution >= 0.6 is 0 Å². The molecule has 0 atom stereocenters. The second kappa shape index (κ2) is 4.18. The summed E-state index contributed by atoms with van der Waals surface area (Å²) in [6, 6.07) is 7.56. The highest BCUT2D eigenvalue weighted by molar-refractivity contribution is 5.74. The van der Waals surface area contributed by atoms with Gasteiger partial charge in [0.2, 0.25) is 0 Å². The van der Waals surface area contributed by atoms with Gasteiger partial charge in [-0.1, -0.05) is 31.7 Å². The Morgan fingerprint density at radius 2 is 1.94 bits per heavy atom. The van der Waals surface area contributed by atoms with Gasteiger partial charge in [0.1, 0.15) is 22.5 Å². The van der Waals surface area contributed by atoms with E-state index < -0.39 is 0 Å². The van der Waals surface area contributed by atoms with E-state index in [4.69, 9.17) is 0 Å². The maximum atomic E-state index is 9.46. The van der Waals surface area contributed by atoms with Gasteiger partial charge in [0.25, 0.3) is 0 Å². The third kappa shape index (κ3) is 1.82. The molecule has 1 aromatic heterocycles. The molecule has 0 amide bonds. The number of fused-ring (bicyclic) bond motifs is 1. The molecule has 0 radical (unpaired) electrons. The first kappa shape index (κ1) is 10.4. The Bertz CT molecular complexity index is 521. The summed E-state index contributed by atoms with van der Waals surface area (Å²) < 4.78 is 0. The van der Waals surface area contributed by atoms with Crippen molar-refractivity contribution in [1.82, 2.24) is 15.0 Å². The zero-order valence-electron chi connectivity index (χ0n) is 9.09. The molecule has 0 saturated heterocycles. The Kier molecular flexibility index (Phi) is 2.72. The molecule has 2 aromatic rings. The average Bonchev–Trinajstić information content (AvgIpc) is 2.68. The molecular weight excluding hydrogens is 202 g/mol. The highest BCUT2D eigenvalue weighted by Gasteiger charge is 2.08. The molecule has 4 nitrogen and oxygen atoms in total. The lowest BCUT2D eigenvalue weighted by atomic mass is 10.3. The molecule has 82 valence electrons. The summed E-state index contributed by atoms with van der Waals surface area (Å²) in [7, 11) is 0. The van der Waals surface area contributed by atoms with Gasteiger partial charge in [-0.05, 0) is 18.6 Å². The van der Waals surface area contributed by atoms with E-state index in [0.717, 1.165) is 17.5 Å². The van der Waals surface area contributed by atoms with E-state index in [9.17, 15) is 5.11 Å². The van der Waals surface area contributed by atoms with E-state index in [2.05, 4.69) is 16.8 Å². The number of aromatic nitrogens is 3. The smallest absolute Gasteiger partial charge is 0.135 e. The Morgan fingerprint density at radius 3 is 2.38 bits per heavy atom. The summed E-state index contributed by atoms with van der Waals surface area (Å²) in [6.45, 7) is 5.49. The number of hydrogen-bond donors (Lipinski definition) is 1. The first-order valence-corrected chi connectivity index (χ1v) is 5.13. The lowest BCUT2D eigenvalue weighted by molar-refractivity contribution is 0.430. The zero-order chi connectivity index (χ0) is 11.5. The number of benzene rings is 1. The monoisotopic (exact) mass is 215 g/mol. The Balaban J connectivity index is 2.53. The van der Waals surface area contributed by atoms with Crippen LogP contribution in [0.25, 0.3) is 16.7 Å². The summed E-state index contributed by atoms with van der Waals surface area (Å²) in [4.78, 5) is 1.41. The molecule has 0 saturated carbocycles. The molecule has 0 aliphatic rings. The van der Waals surface area contributed by atoms with Crippen molar-refractivity contribution in [1.29, 1.82) is 0 Å². The van der Waals surface area contributed by atoms with E-state index in [1.807, 2.05) is 37.3 Å². The Labute approximate surface area is 93.5 Å². The molecular formula is C12H13N3O. The van der Waals surface area contributed by atoms with Gasteiger partial charge in [-0.2, -0.15) is 0 Å². The fourth-order valence-electron chi connectivity index (χ4n) is 1.48. The van der Waals surface area contributed by atoms with Crippen LogP contribution in [0.4, 0.5) is 0 Å². The van der Waals surface area contributed by atoms with Crippen molar-refractivity contribution in [3.63, 3.8) is 0 Å². The number of rotatable bonds is 3. The number of nitrogens with zero attached hydrogens (tertiary/aromatic N) is 3. The van der Waals surface area contributed by atoms with E-state index in [-0.39, 0.29) is 5.76 Å². The standard InChI is InChI=1S/C12H13N3O/c1-3-6-12(9(2)16)15-13-10-7-4-5-8-11(10)14-15/h4-8,16H,2-3H2,1H3/b12-6+. The van der Waals surface area contributed by atoms with Gasteiger partial charge < -0.3 is 5.11 Å². The quantitative estimate of drug-likeness (QED) is 0.632. The van der Waals surface area contributed by atoms with Gasteiger partial charge in [0, 0.05) is 0 Å². The lowest BCUT2D eigenvalue weighted by Gasteiger charge is -2.02. The van der Waals surface area contributed by atoms with E-state index in [1.165, 1.54) is 4.80 Å². The topological polar surface area (TPSA) is 50.9 Å². The second-order valence-corrected chi connectivity index (χ2v) is 3.42. The predicted molar refractivity (Wildman–Crippen MR) is 63.9 cm³/mol. The minimum Gasteiger partial charge on any atom is -0.506 e. The van der Waals surface area contributed by atoms with Gasteiger partial charge in [-0.25, -0.2) is 0 Å². The molecule has 0 spiro atoms. The summed E-state index contributed by atoms with van der Waals surface area (Å²) >= 11 is 0. The molecule has 1 N–H and O–H groups in total. The summed E-state index contributed by atoms with van der Waals surface area (Å²) in [5.74, 6) is -0.0258. The maximum absolute atomic E-state index is 9.46. The van der Waals surface area contributed by atoms with Crippen LogP contribution in [-0.2, 0) is 0 Å². The Hall–Kier alpha value is -2.10. The summed E-state index contributed by atoms with van der Waals surface area (Å²) in [5, 5.41) is 18.0. The molecule has 0 aliphatic heterocycles. The average molecular weight is 215 g/mol. The second-order valence-electron chi connectivity index (χ2n) is 3.42. The fourth-order valence-corrected chi connectivity index (χ4v) is 1.48. The fraction of sp³-hybridized carbons (Fsp3) is 0.167. The molecule has 1 aromatic carbocycles. The summed E-state index contributed by atoms with van der Waals surface area (Å²) in [5.41, 5.74) is 2.12. The van der Waals surface area contributed by atoms with Gasteiger partial charge in [0.05, 0.1) is 0 Å². The Morgan fingerprint density at radius 1 is 1.38 bits per heavy atom. The zero-order valence-corrected chi connectivity index (χ0v) is 9.09. The van der Waals surface area contributed by atoms with E-state index in [0.29, 0.717) is 5.70 Å². The van der Waals surface area contributed by atoms with Gasteiger partial charge >= 0.3 is 0 Å². The maximum Gasteiger partial charge on any atom is 0.135 e. The van der Waals surface area contributed by atoms with Crippen molar-refractivity contribution >= 4 is 16.7 Å². The SMILES string of the molecule is C=C(O)/C(=C\CC)n1nc2ccccc2n1. The van der Waals surface area contributed by atoms with Gasteiger partial charge in [-0.15, -0.1) is 15.0 Å². The minimum atomic E-state index is -0.0258. The van der Waals surface area contributed by atoms with Gasteiger partial charge in [-0.3, -0.25) is 0 Å². The van der Waals surface area contributed by atoms with Crippen LogP contribution in [0.15, 0.2) is 42.7 Å². The van der Waals surface area contributed by atoms with Crippen molar-refractivity contribution in [2.45, 2.75) is 13.3 Å². The first-order valence-electron chi connectivity index (χ1n) is 5.13. The van der Waals surface area contributed by atoms with E-state index in [1.54, 1.807) is 0 Å². The first-order chi connectivity index (χ1) is 7.72. The van der Waals surface area contributed by atoms with E-state index >= 15 is 0 Å². The van der Waals surface area contributed by atoms with Crippen LogP contribution in [-0.4, -0.2) is 20.1 Å².